The van der Waals surface area contributed by atoms with E-state index in [-0.39, 0.29) is 43.4 Å². The van der Waals surface area contributed by atoms with Crippen LogP contribution in [0.5, 0.6) is 0 Å². The van der Waals surface area contributed by atoms with Gasteiger partial charge in [0.05, 0.1) is 11.0 Å². The molecule has 5 nitrogen and oxygen atoms in total. The number of carbonyl (C=O) groups excluding carboxylic acids is 2. The number of hydrogen-bond donors (Lipinski definition) is 2. The number of nitrogens with one attached hydrogen (secondary N) is 2. The van der Waals surface area contributed by atoms with E-state index >= 15 is 0 Å². The Kier molecular flexibility index (Phi) is 4.59. The molecule has 0 radical (unpaired) electrons. The van der Waals surface area contributed by atoms with Gasteiger partial charge in [-0.15, -0.1) is 0 Å². The second-order valence-electron chi connectivity index (χ2n) is 8.09. The van der Waals surface area contributed by atoms with Gasteiger partial charge in [-0.3, -0.25) is 9.59 Å². The summed E-state index contributed by atoms with van der Waals surface area (Å²) in [5.74, 6) is -3.82. The molecule has 2 N–H and O–H groups in total. The summed E-state index contributed by atoms with van der Waals surface area (Å²) in [7, 11) is 0. The molecular formula is C20H20F5N3O2. The van der Waals surface area contributed by atoms with Crippen molar-refractivity contribution in [3.63, 3.8) is 0 Å². The van der Waals surface area contributed by atoms with E-state index in [1.54, 1.807) is 6.92 Å². The molecule has 162 valence electrons. The molecule has 2 amide bonds. The molecule has 1 aliphatic heterocycles. The molecule has 1 saturated carbocycles. The topological polar surface area (TPSA) is 65.2 Å². The van der Waals surface area contributed by atoms with E-state index < -0.39 is 40.9 Å². The number of alkyl halides is 5. The number of halogens is 5. The molecule has 1 aliphatic carbocycles. The Morgan fingerprint density at radius 1 is 1.27 bits per heavy atom. The van der Waals surface area contributed by atoms with E-state index in [0.717, 1.165) is 12.1 Å². The summed E-state index contributed by atoms with van der Waals surface area (Å²) in [6, 6.07) is 3.46. The predicted octanol–water partition coefficient (Wildman–Crippen LogP) is 3.95. The average Bonchev–Trinajstić information content (AvgIpc) is 3.04. The maximum Gasteiger partial charge on any atom is 0.416 e. The highest BCUT2D eigenvalue weighted by Crippen LogP contribution is 2.65. The molecule has 1 spiro atoms. The van der Waals surface area contributed by atoms with Gasteiger partial charge in [0.2, 0.25) is 5.91 Å². The third kappa shape index (κ3) is 3.41. The first kappa shape index (κ1) is 20.6. The summed E-state index contributed by atoms with van der Waals surface area (Å²) in [6.45, 7) is 1.87. The van der Waals surface area contributed by atoms with Crippen molar-refractivity contribution in [3.05, 3.63) is 35.5 Å². The number of rotatable bonds is 4. The normalized spacial score (nSPS) is 23.7. The van der Waals surface area contributed by atoms with Crippen molar-refractivity contribution in [2.75, 3.05) is 13.1 Å². The molecule has 0 unspecified atom stereocenters. The maximum absolute atomic E-state index is 13.6. The maximum atomic E-state index is 13.6. The van der Waals surface area contributed by atoms with Crippen LogP contribution in [0.3, 0.4) is 0 Å². The van der Waals surface area contributed by atoms with Crippen molar-refractivity contribution in [1.29, 1.82) is 0 Å². The van der Waals surface area contributed by atoms with Gasteiger partial charge in [0, 0.05) is 30.4 Å². The van der Waals surface area contributed by atoms with Gasteiger partial charge in [-0.2, -0.15) is 13.2 Å². The molecule has 10 heteroatoms. The van der Waals surface area contributed by atoms with Crippen LogP contribution in [0.25, 0.3) is 10.9 Å². The molecule has 2 heterocycles. The van der Waals surface area contributed by atoms with Gasteiger partial charge in [-0.25, -0.2) is 8.78 Å². The quantitative estimate of drug-likeness (QED) is 0.723. The van der Waals surface area contributed by atoms with Gasteiger partial charge in [0.15, 0.2) is 0 Å². The number of H-pyrrole nitrogens is 1. The lowest BCUT2D eigenvalue weighted by atomic mass is 10.1. The smallest absolute Gasteiger partial charge is 0.351 e. The van der Waals surface area contributed by atoms with Crippen molar-refractivity contribution >= 4 is 22.7 Å². The van der Waals surface area contributed by atoms with Crippen LogP contribution in [0.2, 0.25) is 0 Å². The van der Waals surface area contributed by atoms with Crippen LogP contribution in [0.15, 0.2) is 24.3 Å². The zero-order valence-electron chi connectivity index (χ0n) is 16.1. The Morgan fingerprint density at radius 3 is 2.53 bits per heavy atom. The summed E-state index contributed by atoms with van der Waals surface area (Å²) < 4.78 is 65.7. The Bertz CT molecular complexity index is 1020. The summed E-state index contributed by atoms with van der Waals surface area (Å²) >= 11 is 0. The molecule has 0 bridgehead atoms. The molecule has 2 atom stereocenters. The first-order chi connectivity index (χ1) is 14.0. The van der Waals surface area contributed by atoms with E-state index in [0.29, 0.717) is 5.52 Å². The minimum atomic E-state index is -4.50. The number of carbonyl (C=O) groups is 2. The number of hydrogen-bond acceptors (Lipinski definition) is 2. The van der Waals surface area contributed by atoms with Gasteiger partial charge in [-0.05, 0) is 37.1 Å². The number of benzene rings is 1. The van der Waals surface area contributed by atoms with Crippen LogP contribution >= 0.6 is 0 Å². The number of likely N-dealkylation sites (tertiary alicyclic amines) is 1. The highest BCUT2D eigenvalue weighted by molar-refractivity contribution is 6.00. The summed E-state index contributed by atoms with van der Waals surface area (Å²) in [5.41, 5.74) is -1.59. The molecule has 2 fully saturated rings. The van der Waals surface area contributed by atoms with Crippen LogP contribution < -0.4 is 5.32 Å². The summed E-state index contributed by atoms with van der Waals surface area (Å²) in [4.78, 5) is 29.4. The van der Waals surface area contributed by atoms with Crippen molar-refractivity contribution in [2.24, 2.45) is 5.41 Å². The third-order valence-electron chi connectivity index (χ3n) is 6.08. The fourth-order valence-electron chi connectivity index (χ4n) is 4.11. The molecule has 2 aliphatic rings. The first-order valence-electron chi connectivity index (χ1n) is 9.63. The Balaban J connectivity index is 1.46. The van der Waals surface area contributed by atoms with E-state index in [9.17, 15) is 31.5 Å². The van der Waals surface area contributed by atoms with E-state index in [1.165, 1.54) is 17.0 Å². The zero-order valence-corrected chi connectivity index (χ0v) is 16.1. The Morgan fingerprint density at radius 2 is 1.97 bits per heavy atom. The minimum Gasteiger partial charge on any atom is -0.351 e. The van der Waals surface area contributed by atoms with Gasteiger partial charge in [-0.1, -0.05) is 6.92 Å². The minimum absolute atomic E-state index is 0.0159. The van der Waals surface area contributed by atoms with Crippen LogP contribution in [-0.4, -0.2) is 46.8 Å². The molecule has 30 heavy (non-hydrogen) atoms. The lowest BCUT2D eigenvalue weighted by Gasteiger charge is -2.23. The van der Waals surface area contributed by atoms with Crippen molar-refractivity contribution in [1.82, 2.24) is 15.2 Å². The van der Waals surface area contributed by atoms with E-state index in [4.69, 9.17) is 0 Å². The van der Waals surface area contributed by atoms with Crippen molar-refractivity contribution in [2.45, 2.75) is 44.3 Å². The Labute approximate surface area is 168 Å². The summed E-state index contributed by atoms with van der Waals surface area (Å²) in [5, 5.41) is 2.78. The second-order valence-corrected chi connectivity index (χ2v) is 8.09. The monoisotopic (exact) mass is 429 g/mol. The first-order valence-corrected chi connectivity index (χ1v) is 9.63. The van der Waals surface area contributed by atoms with Gasteiger partial charge in [0.25, 0.3) is 11.8 Å². The van der Waals surface area contributed by atoms with E-state index in [1.807, 2.05) is 0 Å². The van der Waals surface area contributed by atoms with Gasteiger partial charge < -0.3 is 15.2 Å². The van der Waals surface area contributed by atoms with Crippen molar-refractivity contribution < 1.29 is 31.5 Å². The van der Waals surface area contributed by atoms with Crippen LogP contribution in [0, 0.1) is 5.41 Å². The van der Waals surface area contributed by atoms with Crippen LogP contribution in [0.4, 0.5) is 22.0 Å². The Hall–Kier alpha value is -2.65. The predicted molar refractivity (Wildman–Crippen MR) is 98.0 cm³/mol. The number of fused-ring (bicyclic) bond motifs is 1. The number of aromatic nitrogens is 1. The fraction of sp³-hybridized carbons (Fsp3) is 0.500. The highest BCUT2D eigenvalue weighted by atomic mass is 19.4. The fourth-order valence-corrected chi connectivity index (χ4v) is 4.11. The largest absolute Gasteiger partial charge is 0.416 e. The zero-order chi connectivity index (χ0) is 21.9. The molecule has 2 aromatic rings. The van der Waals surface area contributed by atoms with E-state index in [2.05, 4.69) is 10.3 Å². The number of nitrogens with zero attached hydrogens (tertiary/aromatic N) is 1. The van der Waals surface area contributed by atoms with Crippen molar-refractivity contribution in [3.8, 4) is 0 Å². The summed E-state index contributed by atoms with van der Waals surface area (Å²) in [6.07, 6.45) is -4.23. The van der Waals surface area contributed by atoms with Crippen LogP contribution in [0.1, 0.15) is 42.2 Å². The highest BCUT2D eigenvalue weighted by Gasteiger charge is 2.73. The molecular weight excluding hydrogens is 409 g/mol. The lowest BCUT2D eigenvalue weighted by Crippen LogP contribution is -2.47. The van der Waals surface area contributed by atoms with Gasteiger partial charge >= 0.3 is 6.18 Å². The lowest BCUT2D eigenvalue weighted by molar-refractivity contribution is -0.137. The van der Waals surface area contributed by atoms with Gasteiger partial charge in [0.1, 0.15) is 11.7 Å². The average molecular weight is 429 g/mol. The number of aromatic amines is 1. The third-order valence-corrected chi connectivity index (χ3v) is 6.08. The second kappa shape index (κ2) is 6.68. The SMILES string of the molecule is CC[C@@H](NC(=O)c1cc2cc(C(F)(F)F)ccc2[nH]1)C(=O)N1CC[C@@]2(C1)CC2(F)F. The molecule has 1 aromatic carbocycles. The molecule has 4 rings (SSSR count). The van der Waals surface area contributed by atoms with Crippen LogP contribution in [-0.2, 0) is 11.0 Å². The standard InChI is InChI=1S/C20H20F5N3O2/c1-2-13(17(30)28-6-5-18(10-28)9-19(18,21)22)27-16(29)15-8-11-7-12(20(23,24)25)3-4-14(11)26-15/h3-4,7-8,13,26H,2,5-6,9-10H2,1H3,(H,27,29)/t13-,18+/m1/s1. The molecule has 1 saturated heterocycles. The number of amides is 2. The molecule has 1 aromatic heterocycles.